The predicted molar refractivity (Wildman–Crippen MR) is 94.6 cm³/mol. The highest BCUT2D eigenvalue weighted by atomic mass is 35.5. The third-order valence-electron chi connectivity index (χ3n) is 3.13. The molecular formula is C15H27Cl2N3O2. The predicted octanol–water partition coefficient (Wildman–Crippen LogP) is 1.57. The molecule has 5 nitrogen and oxygen atoms in total. The molecule has 1 aromatic rings. The Morgan fingerprint density at radius 1 is 1.36 bits per heavy atom. The number of amides is 1. The average Bonchev–Trinajstić information content (AvgIpc) is 2.45. The quantitative estimate of drug-likeness (QED) is 0.745. The minimum Gasteiger partial charge on any atom is -0.383 e. The lowest BCUT2D eigenvalue weighted by atomic mass is 10.1. The zero-order chi connectivity index (χ0) is 15.0. The Morgan fingerprint density at radius 2 is 2.00 bits per heavy atom. The van der Waals surface area contributed by atoms with Crippen LogP contribution >= 0.6 is 24.8 Å². The Labute approximate surface area is 145 Å². The number of ether oxygens (including phenoxy) is 1. The lowest BCUT2D eigenvalue weighted by Crippen LogP contribution is -2.43. The second kappa shape index (κ2) is 12.7. The summed E-state index contributed by atoms with van der Waals surface area (Å²) < 4.78 is 4.86. The van der Waals surface area contributed by atoms with Crippen molar-refractivity contribution in [2.24, 2.45) is 5.73 Å². The van der Waals surface area contributed by atoms with Crippen LogP contribution in [0.3, 0.4) is 0 Å². The molecule has 0 saturated carbocycles. The summed E-state index contributed by atoms with van der Waals surface area (Å²) in [7, 11) is 3.61. The van der Waals surface area contributed by atoms with Gasteiger partial charge in [-0.2, -0.15) is 0 Å². The highest BCUT2D eigenvalue weighted by Gasteiger charge is 2.12. The van der Waals surface area contributed by atoms with E-state index in [1.54, 1.807) is 0 Å². The van der Waals surface area contributed by atoms with Crippen molar-refractivity contribution in [3.05, 3.63) is 35.4 Å². The molecule has 0 aliphatic heterocycles. The third-order valence-corrected chi connectivity index (χ3v) is 3.13. The summed E-state index contributed by atoms with van der Waals surface area (Å²) >= 11 is 0. The monoisotopic (exact) mass is 351 g/mol. The van der Waals surface area contributed by atoms with Gasteiger partial charge in [-0.25, -0.2) is 0 Å². The Hall–Kier alpha value is -0.850. The fraction of sp³-hybridized carbons (Fsp3) is 0.533. The molecule has 128 valence electrons. The van der Waals surface area contributed by atoms with E-state index in [1.165, 1.54) is 12.7 Å². The molecule has 1 aromatic carbocycles. The van der Waals surface area contributed by atoms with Gasteiger partial charge in [0.05, 0.1) is 6.61 Å². The SMILES string of the molecule is CCN(C)Cc1cccc(CNC(=O)C(N)COC)c1.Cl.Cl. The topological polar surface area (TPSA) is 67.6 Å². The van der Waals surface area contributed by atoms with Gasteiger partial charge in [-0.1, -0.05) is 31.2 Å². The van der Waals surface area contributed by atoms with Gasteiger partial charge in [-0.3, -0.25) is 4.79 Å². The van der Waals surface area contributed by atoms with Crippen molar-refractivity contribution >= 4 is 30.7 Å². The summed E-state index contributed by atoms with van der Waals surface area (Å²) in [5, 5.41) is 2.82. The van der Waals surface area contributed by atoms with E-state index in [4.69, 9.17) is 10.5 Å². The Bertz CT molecular complexity index is 433. The van der Waals surface area contributed by atoms with Gasteiger partial charge < -0.3 is 20.7 Å². The molecule has 0 saturated heterocycles. The molecule has 0 fully saturated rings. The van der Waals surface area contributed by atoms with Gasteiger partial charge in [0, 0.05) is 20.2 Å². The Balaban J connectivity index is 0. The summed E-state index contributed by atoms with van der Waals surface area (Å²) in [6, 6.07) is 7.59. The van der Waals surface area contributed by atoms with Crippen LogP contribution in [0.4, 0.5) is 0 Å². The van der Waals surface area contributed by atoms with Crippen LogP contribution in [0.5, 0.6) is 0 Å². The average molecular weight is 352 g/mol. The highest BCUT2D eigenvalue weighted by molar-refractivity contribution is 5.85. The molecule has 0 spiro atoms. The van der Waals surface area contributed by atoms with Crippen LogP contribution in [0.2, 0.25) is 0 Å². The number of benzene rings is 1. The summed E-state index contributed by atoms with van der Waals surface area (Å²) in [4.78, 5) is 13.9. The maximum absolute atomic E-state index is 11.7. The maximum Gasteiger partial charge on any atom is 0.239 e. The normalized spacial score (nSPS) is 11.3. The molecule has 1 unspecified atom stereocenters. The number of nitrogens with zero attached hydrogens (tertiary/aromatic N) is 1. The van der Waals surface area contributed by atoms with Crippen molar-refractivity contribution in [1.29, 1.82) is 0 Å². The number of methoxy groups -OCH3 is 1. The number of hydrogen-bond acceptors (Lipinski definition) is 4. The number of rotatable bonds is 8. The molecule has 0 bridgehead atoms. The minimum atomic E-state index is -0.616. The molecule has 0 aliphatic carbocycles. The van der Waals surface area contributed by atoms with Crippen LogP contribution in [0.15, 0.2) is 24.3 Å². The first kappa shape index (κ1) is 23.4. The number of hydrogen-bond donors (Lipinski definition) is 2. The fourth-order valence-electron chi connectivity index (χ4n) is 1.84. The van der Waals surface area contributed by atoms with Gasteiger partial charge in [0.1, 0.15) is 6.04 Å². The van der Waals surface area contributed by atoms with Crippen molar-refractivity contribution in [3.8, 4) is 0 Å². The van der Waals surface area contributed by atoms with Crippen molar-refractivity contribution in [2.45, 2.75) is 26.1 Å². The largest absolute Gasteiger partial charge is 0.383 e. The lowest BCUT2D eigenvalue weighted by molar-refractivity contribution is -0.123. The molecule has 1 rings (SSSR count). The van der Waals surface area contributed by atoms with Crippen LogP contribution in [0.1, 0.15) is 18.1 Å². The maximum atomic E-state index is 11.7. The fourth-order valence-corrected chi connectivity index (χ4v) is 1.84. The van der Waals surface area contributed by atoms with Crippen molar-refractivity contribution < 1.29 is 9.53 Å². The van der Waals surface area contributed by atoms with E-state index in [9.17, 15) is 4.79 Å². The van der Waals surface area contributed by atoms with E-state index in [2.05, 4.69) is 36.3 Å². The Kier molecular flexibility index (Phi) is 13.5. The van der Waals surface area contributed by atoms with E-state index < -0.39 is 6.04 Å². The minimum absolute atomic E-state index is 0. The molecule has 3 N–H and O–H groups in total. The molecule has 22 heavy (non-hydrogen) atoms. The van der Waals surface area contributed by atoms with Crippen LogP contribution in [-0.4, -0.2) is 44.2 Å². The molecule has 1 atom stereocenters. The summed E-state index contributed by atoms with van der Waals surface area (Å²) in [6.45, 7) is 4.75. The first-order valence-electron chi connectivity index (χ1n) is 6.85. The lowest BCUT2D eigenvalue weighted by Gasteiger charge is -2.15. The van der Waals surface area contributed by atoms with E-state index >= 15 is 0 Å². The summed E-state index contributed by atoms with van der Waals surface area (Å²) in [6.07, 6.45) is 0. The van der Waals surface area contributed by atoms with Crippen molar-refractivity contribution in [2.75, 3.05) is 27.3 Å². The Morgan fingerprint density at radius 3 is 2.59 bits per heavy atom. The van der Waals surface area contributed by atoms with E-state index in [-0.39, 0.29) is 37.3 Å². The zero-order valence-corrected chi connectivity index (χ0v) is 15.0. The van der Waals surface area contributed by atoms with Gasteiger partial charge in [-0.05, 0) is 24.7 Å². The van der Waals surface area contributed by atoms with Crippen LogP contribution < -0.4 is 11.1 Å². The van der Waals surface area contributed by atoms with Crippen LogP contribution in [0.25, 0.3) is 0 Å². The van der Waals surface area contributed by atoms with Gasteiger partial charge in [-0.15, -0.1) is 24.8 Å². The summed E-state index contributed by atoms with van der Waals surface area (Å²) in [5.41, 5.74) is 7.97. The molecule has 0 heterocycles. The molecule has 7 heteroatoms. The van der Waals surface area contributed by atoms with Crippen molar-refractivity contribution in [1.82, 2.24) is 10.2 Å². The molecule has 0 aliphatic rings. The van der Waals surface area contributed by atoms with Gasteiger partial charge >= 0.3 is 0 Å². The number of carbonyl (C=O) groups is 1. The van der Waals surface area contributed by atoms with Crippen LogP contribution in [-0.2, 0) is 22.6 Å². The smallest absolute Gasteiger partial charge is 0.239 e. The number of halogens is 2. The third kappa shape index (κ3) is 8.56. The first-order valence-corrected chi connectivity index (χ1v) is 6.85. The molecule has 0 aromatic heterocycles. The first-order chi connectivity index (χ1) is 9.56. The van der Waals surface area contributed by atoms with E-state index in [0.29, 0.717) is 6.54 Å². The number of nitrogens with two attached hydrogens (primary N) is 1. The molecule has 1 amide bonds. The van der Waals surface area contributed by atoms with Gasteiger partial charge in [0.2, 0.25) is 5.91 Å². The number of carbonyl (C=O) groups excluding carboxylic acids is 1. The van der Waals surface area contributed by atoms with Crippen molar-refractivity contribution in [3.63, 3.8) is 0 Å². The van der Waals surface area contributed by atoms with E-state index in [0.717, 1.165) is 18.7 Å². The molecular weight excluding hydrogens is 325 g/mol. The van der Waals surface area contributed by atoms with E-state index in [1.807, 2.05) is 12.1 Å². The zero-order valence-electron chi connectivity index (χ0n) is 13.4. The standard InChI is InChI=1S/C15H25N3O2.2ClH/c1-4-18(2)10-13-7-5-6-12(8-13)9-17-15(19)14(16)11-20-3;;/h5-8,14H,4,9-11,16H2,1-3H3,(H,17,19);2*1H. The second-order valence-corrected chi connectivity index (χ2v) is 4.93. The van der Waals surface area contributed by atoms with Gasteiger partial charge in [0.25, 0.3) is 0 Å². The molecule has 0 radical (unpaired) electrons. The summed E-state index contributed by atoms with van der Waals surface area (Å²) in [5.74, 6) is -0.192. The highest BCUT2D eigenvalue weighted by Crippen LogP contribution is 2.07. The number of nitrogens with one attached hydrogen (secondary N) is 1. The van der Waals surface area contributed by atoms with Crippen LogP contribution in [0, 0.1) is 0 Å². The second-order valence-electron chi connectivity index (χ2n) is 4.93. The van der Waals surface area contributed by atoms with Gasteiger partial charge in [0.15, 0.2) is 0 Å².